The lowest BCUT2D eigenvalue weighted by Crippen LogP contribution is -2.41. The maximum atomic E-state index is 11.9. The van der Waals surface area contributed by atoms with Crippen molar-refractivity contribution in [2.24, 2.45) is 0 Å². The van der Waals surface area contributed by atoms with Crippen LogP contribution in [0.4, 0.5) is 0 Å². The number of carbonyl (C=O) groups excluding carboxylic acids is 1. The van der Waals surface area contributed by atoms with Gasteiger partial charge in [-0.1, -0.05) is 30.3 Å². The molecule has 0 aliphatic heterocycles. The Morgan fingerprint density at radius 1 is 1.25 bits per heavy atom. The zero-order valence-corrected chi connectivity index (χ0v) is 12.0. The molecule has 0 saturated carbocycles. The number of aliphatic carboxylic acids is 1. The van der Waals surface area contributed by atoms with Crippen LogP contribution in [-0.2, 0) is 16.1 Å². The summed E-state index contributed by atoms with van der Waals surface area (Å²) in [6.07, 6.45) is 0.0458. The molecule has 0 aliphatic rings. The Bertz CT molecular complexity index is 432. The van der Waals surface area contributed by atoms with Crippen molar-refractivity contribution in [2.45, 2.75) is 32.9 Å². The Kier molecular flexibility index (Phi) is 6.73. The maximum Gasteiger partial charge on any atom is 0.304 e. The van der Waals surface area contributed by atoms with Gasteiger partial charge in [-0.2, -0.15) is 0 Å². The molecular weight excluding hydrogens is 256 g/mol. The van der Waals surface area contributed by atoms with Gasteiger partial charge < -0.3 is 10.4 Å². The Balaban J connectivity index is 2.39. The van der Waals surface area contributed by atoms with Crippen molar-refractivity contribution in [1.82, 2.24) is 10.2 Å². The maximum absolute atomic E-state index is 11.9. The summed E-state index contributed by atoms with van der Waals surface area (Å²) in [4.78, 5) is 24.3. The van der Waals surface area contributed by atoms with Gasteiger partial charge in [-0.15, -0.1) is 0 Å². The van der Waals surface area contributed by atoms with Gasteiger partial charge >= 0.3 is 5.97 Å². The molecule has 5 heteroatoms. The van der Waals surface area contributed by atoms with Crippen LogP contribution < -0.4 is 5.32 Å². The molecule has 0 aromatic heterocycles. The number of benzene rings is 1. The Hall–Kier alpha value is -1.88. The van der Waals surface area contributed by atoms with Crippen LogP contribution in [0.15, 0.2) is 30.3 Å². The fourth-order valence-electron chi connectivity index (χ4n) is 1.80. The van der Waals surface area contributed by atoms with Crippen molar-refractivity contribution in [2.75, 3.05) is 13.1 Å². The van der Waals surface area contributed by atoms with E-state index >= 15 is 0 Å². The van der Waals surface area contributed by atoms with Crippen LogP contribution in [-0.4, -0.2) is 41.0 Å². The predicted octanol–water partition coefficient (Wildman–Crippen LogP) is 1.49. The van der Waals surface area contributed by atoms with E-state index in [1.807, 2.05) is 49.1 Å². The van der Waals surface area contributed by atoms with Crippen LogP contribution in [0.25, 0.3) is 0 Å². The number of carboxylic acids is 1. The lowest BCUT2D eigenvalue weighted by Gasteiger charge is -2.25. The van der Waals surface area contributed by atoms with E-state index in [1.165, 1.54) is 0 Å². The molecule has 2 N–H and O–H groups in total. The van der Waals surface area contributed by atoms with E-state index in [1.54, 1.807) is 0 Å². The molecule has 0 atom stereocenters. The van der Waals surface area contributed by atoms with E-state index in [2.05, 4.69) is 5.32 Å². The number of nitrogens with zero attached hydrogens (tertiary/aromatic N) is 1. The minimum atomic E-state index is -0.847. The van der Waals surface area contributed by atoms with Gasteiger partial charge in [-0.25, -0.2) is 0 Å². The Labute approximate surface area is 119 Å². The molecule has 0 bridgehead atoms. The highest BCUT2D eigenvalue weighted by molar-refractivity contribution is 5.78. The standard InChI is InChI=1S/C15H22N2O3/c1-12(2)17(9-8-15(19)20)11-14(18)16-10-13-6-4-3-5-7-13/h3-7,12H,8-11H2,1-2H3,(H,16,18)(H,19,20). The van der Waals surface area contributed by atoms with E-state index in [0.717, 1.165) is 5.56 Å². The summed E-state index contributed by atoms with van der Waals surface area (Å²) in [5, 5.41) is 11.5. The number of carboxylic acid groups (broad SMARTS) is 1. The normalized spacial score (nSPS) is 10.8. The molecule has 110 valence electrons. The third-order valence-electron chi connectivity index (χ3n) is 3.02. The number of amides is 1. The van der Waals surface area contributed by atoms with E-state index in [9.17, 15) is 9.59 Å². The van der Waals surface area contributed by atoms with E-state index in [0.29, 0.717) is 13.1 Å². The summed E-state index contributed by atoms with van der Waals surface area (Å²) < 4.78 is 0. The van der Waals surface area contributed by atoms with Gasteiger partial charge in [0.25, 0.3) is 0 Å². The second kappa shape index (κ2) is 8.32. The summed E-state index contributed by atoms with van der Waals surface area (Å²) in [6, 6.07) is 9.81. The van der Waals surface area contributed by atoms with Gasteiger partial charge in [0, 0.05) is 19.1 Å². The Morgan fingerprint density at radius 2 is 1.90 bits per heavy atom. The third-order valence-corrected chi connectivity index (χ3v) is 3.02. The van der Waals surface area contributed by atoms with Gasteiger partial charge in [0.15, 0.2) is 0 Å². The van der Waals surface area contributed by atoms with Crippen LogP contribution >= 0.6 is 0 Å². The van der Waals surface area contributed by atoms with Crippen molar-refractivity contribution >= 4 is 11.9 Å². The van der Waals surface area contributed by atoms with E-state index in [-0.39, 0.29) is 24.9 Å². The molecule has 0 saturated heterocycles. The zero-order valence-electron chi connectivity index (χ0n) is 12.0. The minimum Gasteiger partial charge on any atom is -0.481 e. The van der Waals surface area contributed by atoms with Crippen LogP contribution in [0.5, 0.6) is 0 Å². The molecule has 1 rings (SSSR count). The average molecular weight is 278 g/mol. The molecule has 0 unspecified atom stereocenters. The first-order chi connectivity index (χ1) is 9.49. The highest BCUT2D eigenvalue weighted by Crippen LogP contribution is 2.01. The first-order valence-corrected chi connectivity index (χ1v) is 6.75. The summed E-state index contributed by atoms with van der Waals surface area (Å²) in [6.45, 7) is 4.99. The zero-order chi connectivity index (χ0) is 15.0. The van der Waals surface area contributed by atoms with Crippen LogP contribution in [0.2, 0.25) is 0 Å². The average Bonchev–Trinajstić information content (AvgIpc) is 2.41. The fourth-order valence-corrected chi connectivity index (χ4v) is 1.80. The van der Waals surface area contributed by atoms with Crippen LogP contribution in [0.1, 0.15) is 25.8 Å². The molecule has 1 aromatic rings. The highest BCUT2D eigenvalue weighted by Gasteiger charge is 2.14. The molecule has 5 nitrogen and oxygen atoms in total. The van der Waals surface area contributed by atoms with Crippen molar-refractivity contribution in [3.05, 3.63) is 35.9 Å². The highest BCUT2D eigenvalue weighted by atomic mass is 16.4. The number of carbonyl (C=O) groups is 2. The summed E-state index contributed by atoms with van der Waals surface area (Å²) in [7, 11) is 0. The summed E-state index contributed by atoms with van der Waals surface area (Å²) in [5.41, 5.74) is 1.04. The molecule has 0 radical (unpaired) electrons. The second-order valence-corrected chi connectivity index (χ2v) is 4.97. The third kappa shape index (κ3) is 6.33. The first kappa shape index (κ1) is 16.2. The lowest BCUT2D eigenvalue weighted by atomic mass is 10.2. The van der Waals surface area contributed by atoms with E-state index in [4.69, 9.17) is 5.11 Å². The number of rotatable bonds is 8. The topological polar surface area (TPSA) is 69.6 Å². The molecule has 1 aromatic carbocycles. The summed E-state index contributed by atoms with van der Waals surface area (Å²) in [5.74, 6) is -0.937. The van der Waals surface area contributed by atoms with Gasteiger partial charge in [0.05, 0.1) is 13.0 Å². The van der Waals surface area contributed by atoms with Crippen molar-refractivity contribution in [3.8, 4) is 0 Å². The smallest absolute Gasteiger partial charge is 0.304 e. The monoisotopic (exact) mass is 278 g/mol. The number of nitrogens with one attached hydrogen (secondary N) is 1. The van der Waals surface area contributed by atoms with Gasteiger partial charge in [-0.05, 0) is 19.4 Å². The second-order valence-electron chi connectivity index (χ2n) is 4.97. The fraction of sp³-hybridized carbons (Fsp3) is 0.467. The molecule has 20 heavy (non-hydrogen) atoms. The largest absolute Gasteiger partial charge is 0.481 e. The number of hydrogen-bond donors (Lipinski definition) is 2. The minimum absolute atomic E-state index is 0.0458. The molecule has 1 amide bonds. The lowest BCUT2D eigenvalue weighted by molar-refractivity contribution is -0.138. The van der Waals surface area contributed by atoms with Crippen molar-refractivity contribution < 1.29 is 14.7 Å². The first-order valence-electron chi connectivity index (χ1n) is 6.75. The van der Waals surface area contributed by atoms with Crippen LogP contribution in [0.3, 0.4) is 0 Å². The quantitative estimate of drug-likeness (QED) is 0.756. The predicted molar refractivity (Wildman–Crippen MR) is 77.3 cm³/mol. The van der Waals surface area contributed by atoms with E-state index < -0.39 is 5.97 Å². The van der Waals surface area contributed by atoms with Crippen molar-refractivity contribution in [3.63, 3.8) is 0 Å². The van der Waals surface area contributed by atoms with Crippen LogP contribution in [0, 0.1) is 0 Å². The molecule has 0 heterocycles. The molecular formula is C15H22N2O3. The van der Waals surface area contributed by atoms with Gasteiger partial charge in [0.1, 0.15) is 0 Å². The van der Waals surface area contributed by atoms with Gasteiger partial charge in [-0.3, -0.25) is 14.5 Å². The van der Waals surface area contributed by atoms with Gasteiger partial charge in [0.2, 0.25) is 5.91 Å². The molecule has 0 aliphatic carbocycles. The number of hydrogen-bond acceptors (Lipinski definition) is 3. The Morgan fingerprint density at radius 3 is 2.45 bits per heavy atom. The van der Waals surface area contributed by atoms with Crippen molar-refractivity contribution in [1.29, 1.82) is 0 Å². The molecule has 0 fully saturated rings. The summed E-state index contributed by atoms with van der Waals surface area (Å²) >= 11 is 0. The molecule has 0 spiro atoms. The SMILES string of the molecule is CC(C)N(CCC(=O)O)CC(=O)NCc1ccccc1.